The molecule has 1 aromatic carbocycles. The number of likely N-dealkylation sites (N-methyl/N-ethyl adjacent to an activating group) is 1. The number of hydrogen-bond acceptors (Lipinski definition) is 5. The van der Waals surface area contributed by atoms with Crippen LogP contribution < -0.4 is 10.6 Å². The SMILES string of the molecule is COC(=O)c1ccc(N)cc1N1CCN(C)CC1. The van der Waals surface area contributed by atoms with Gasteiger partial charge in [-0.25, -0.2) is 4.79 Å². The lowest BCUT2D eigenvalue weighted by Gasteiger charge is -2.34. The van der Waals surface area contributed by atoms with E-state index in [2.05, 4.69) is 16.8 Å². The van der Waals surface area contributed by atoms with E-state index in [-0.39, 0.29) is 5.97 Å². The molecule has 0 saturated carbocycles. The second kappa shape index (κ2) is 5.27. The molecule has 2 N–H and O–H groups in total. The van der Waals surface area contributed by atoms with Crippen molar-refractivity contribution >= 4 is 17.3 Å². The summed E-state index contributed by atoms with van der Waals surface area (Å²) in [7, 11) is 3.49. The van der Waals surface area contributed by atoms with E-state index in [0.717, 1.165) is 31.9 Å². The first-order chi connectivity index (χ1) is 8.61. The third-order valence-electron chi connectivity index (χ3n) is 3.27. The van der Waals surface area contributed by atoms with Crippen LogP contribution in [0, 0.1) is 0 Å². The molecule has 0 amide bonds. The van der Waals surface area contributed by atoms with Crippen molar-refractivity contribution < 1.29 is 9.53 Å². The molecular weight excluding hydrogens is 230 g/mol. The molecule has 0 bridgehead atoms. The van der Waals surface area contributed by atoms with Crippen LogP contribution in [0.15, 0.2) is 18.2 Å². The quantitative estimate of drug-likeness (QED) is 0.621. The largest absolute Gasteiger partial charge is 0.465 e. The standard InChI is InChI=1S/C13H19N3O2/c1-15-5-7-16(8-6-15)12-9-10(14)3-4-11(12)13(17)18-2/h3-4,9H,5-8,14H2,1-2H3. The highest BCUT2D eigenvalue weighted by Crippen LogP contribution is 2.25. The number of carbonyl (C=O) groups excluding carboxylic acids is 1. The van der Waals surface area contributed by atoms with E-state index in [1.54, 1.807) is 12.1 Å². The van der Waals surface area contributed by atoms with Gasteiger partial charge in [0, 0.05) is 31.9 Å². The molecule has 1 fully saturated rings. The molecule has 18 heavy (non-hydrogen) atoms. The fourth-order valence-corrected chi connectivity index (χ4v) is 2.14. The van der Waals surface area contributed by atoms with Crippen molar-refractivity contribution in [3.05, 3.63) is 23.8 Å². The van der Waals surface area contributed by atoms with Gasteiger partial charge >= 0.3 is 5.97 Å². The lowest BCUT2D eigenvalue weighted by molar-refractivity contribution is 0.0601. The number of ether oxygens (including phenoxy) is 1. The van der Waals surface area contributed by atoms with Crippen LogP contribution in [-0.4, -0.2) is 51.2 Å². The second-order valence-electron chi connectivity index (χ2n) is 4.56. The van der Waals surface area contributed by atoms with Gasteiger partial charge in [-0.05, 0) is 25.2 Å². The number of piperazine rings is 1. The Hall–Kier alpha value is -1.75. The molecule has 2 rings (SSSR count). The Labute approximate surface area is 107 Å². The van der Waals surface area contributed by atoms with Gasteiger partial charge in [0.05, 0.1) is 18.4 Å². The summed E-state index contributed by atoms with van der Waals surface area (Å²) < 4.78 is 4.81. The number of esters is 1. The van der Waals surface area contributed by atoms with Gasteiger partial charge in [-0.1, -0.05) is 0 Å². The molecule has 1 saturated heterocycles. The van der Waals surface area contributed by atoms with Crippen LogP contribution in [0.3, 0.4) is 0 Å². The summed E-state index contributed by atoms with van der Waals surface area (Å²) in [6.45, 7) is 3.75. The van der Waals surface area contributed by atoms with E-state index in [4.69, 9.17) is 10.5 Å². The van der Waals surface area contributed by atoms with Gasteiger partial charge < -0.3 is 20.3 Å². The predicted octanol–water partition coefficient (Wildman–Crippen LogP) is 0.807. The van der Waals surface area contributed by atoms with Crippen LogP contribution in [0.2, 0.25) is 0 Å². The van der Waals surface area contributed by atoms with Crippen molar-refractivity contribution in [3.8, 4) is 0 Å². The van der Waals surface area contributed by atoms with E-state index in [0.29, 0.717) is 11.3 Å². The van der Waals surface area contributed by atoms with E-state index in [9.17, 15) is 4.79 Å². The summed E-state index contributed by atoms with van der Waals surface area (Å²) in [5.41, 5.74) is 7.93. The first-order valence-electron chi connectivity index (χ1n) is 6.03. The number of nitrogen functional groups attached to an aromatic ring is 1. The zero-order chi connectivity index (χ0) is 13.1. The van der Waals surface area contributed by atoms with Gasteiger partial charge in [-0.3, -0.25) is 0 Å². The maximum atomic E-state index is 11.8. The minimum absolute atomic E-state index is 0.316. The molecule has 0 spiro atoms. The highest BCUT2D eigenvalue weighted by molar-refractivity contribution is 5.96. The normalized spacial score (nSPS) is 16.7. The van der Waals surface area contributed by atoms with Gasteiger partial charge in [0.25, 0.3) is 0 Å². The highest BCUT2D eigenvalue weighted by Gasteiger charge is 2.20. The molecule has 1 heterocycles. The number of hydrogen-bond donors (Lipinski definition) is 1. The number of methoxy groups -OCH3 is 1. The van der Waals surface area contributed by atoms with Crippen LogP contribution in [0.25, 0.3) is 0 Å². The number of rotatable bonds is 2. The van der Waals surface area contributed by atoms with Crippen LogP contribution in [-0.2, 0) is 4.74 Å². The fourth-order valence-electron chi connectivity index (χ4n) is 2.14. The number of anilines is 2. The third-order valence-corrected chi connectivity index (χ3v) is 3.27. The molecule has 5 nitrogen and oxygen atoms in total. The van der Waals surface area contributed by atoms with E-state index >= 15 is 0 Å². The molecule has 98 valence electrons. The summed E-state index contributed by atoms with van der Waals surface area (Å²) in [4.78, 5) is 16.2. The summed E-state index contributed by atoms with van der Waals surface area (Å²) in [5.74, 6) is -0.316. The van der Waals surface area contributed by atoms with Crippen molar-refractivity contribution in [2.45, 2.75) is 0 Å². The van der Waals surface area contributed by atoms with Gasteiger partial charge in [0.15, 0.2) is 0 Å². The summed E-state index contributed by atoms with van der Waals surface area (Å²) in [5, 5.41) is 0. The van der Waals surface area contributed by atoms with Gasteiger partial charge in [-0.15, -0.1) is 0 Å². The lowest BCUT2D eigenvalue weighted by atomic mass is 10.1. The van der Waals surface area contributed by atoms with E-state index in [1.165, 1.54) is 7.11 Å². The third kappa shape index (κ3) is 2.56. The molecule has 1 aromatic rings. The lowest BCUT2D eigenvalue weighted by Crippen LogP contribution is -2.45. The number of carbonyl (C=O) groups is 1. The monoisotopic (exact) mass is 249 g/mol. The van der Waals surface area contributed by atoms with Crippen molar-refractivity contribution in [3.63, 3.8) is 0 Å². The molecule has 1 aliphatic heterocycles. The molecular formula is C13H19N3O2. The van der Waals surface area contributed by atoms with Crippen molar-refractivity contribution in [2.24, 2.45) is 0 Å². The van der Waals surface area contributed by atoms with Crippen LogP contribution in [0.5, 0.6) is 0 Å². The van der Waals surface area contributed by atoms with Gasteiger partial charge in [-0.2, -0.15) is 0 Å². The Morgan fingerprint density at radius 1 is 1.28 bits per heavy atom. The van der Waals surface area contributed by atoms with Crippen LogP contribution in [0.4, 0.5) is 11.4 Å². The maximum absolute atomic E-state index is 11.8. The Bertz CT molecular complexity index is 440. The number of nitrogens with zero attached hydrogens (tertiary/aromatic N) is 2. The Morgan fingerprint density at radius 2 is 1.94 bits per heavy atom. The summed E-state index contributed by atoms with van der Waals surface area (Å²) >= 11 is 0. The maximum Gasteiger partial charge on any atom is 0.339 e. The van der Waals surface area contributed by atoms with E-state index < -0.39 is 0 Å². The van der Waals surface area contributed by atoms with Crippen molar-refractivity contribution in [1.82, 2.24) is 4.90 Å². The first-order valence-corrected chi connectivity index (χ1v) is 6.03. The molecule has 0 atom stereocenters. The molecule has 0 radical (unpaired) electrons. The highest BCUT2D eigenvalue weighted by atomic mass is 16.5. The average molecular weight is 249 g/mol. The summed E-state index contributed by atoms with van der Waals surface area (Å²) in [6, 6.07) is 5.30. The minimum Gasteiger partial charge on any atom is -0.465 e. The molecule has 0 unspecified atom stereocenters. The molecule has 0 aromatic heterocycles. The fraction of sp³-hybridized carbons (Fsp3) is 0.462. The minimum atomic E-state index is -0.316. The second-order valence-corrected chi connectivity index (χ2v) is 4.56. The van der Waals surface area contributed by atoms with Gasteiger partial charge in [0.2, 0.25) is 0 Å². The topological polar surface area (TPSA) is 58.8 Å². The Kier molecular flexibility index (Phi) is 3.72. The Morgan fingerprint density at radius 3 is 2.56 bits per heavy atom. The smallest absolute Gasteiger partial charge is 0.339 e. The molecule has 0 aliphatic carbocycles. The van der Waals surface area contributed by atoms with Crippen LogP contribution >= 0.6 is 0 Å². The molecule has 5 heteroatoms. The van der Waals surface area contributed by atoms with Crippen molar-refractivity contribution in [1.29, 1.82) is 0 Å². The number of nitrogens with two attached hydrogens (primary N) is 1. The zero-order valence-electron chi connectivity index (χ0n) is 10.8. The van der Waals surface area contributed by atoms with Crippen molar-refractivity contribution in [2.75, 3.05) is 51.0 Å². The van der Waals surface area contributed by atoms with Gasteiger partial charge in [0.1, 0.15) is 0 Å². The Balaban J connectivity index is 2.30. The van der Waals surface area contributed by atoms with Crippen LogP contribution in [0.1, 0.15) is 10.4 Å². The average Bonchev–Trinajstić information content (AvgIpc) is 2.38. The van der Waals surface area contributed by atoms with E-state index in [1.807, 2.05) is 6.07 Å². The first kappa shape index (κ1) is 12.7. The zero-order valence-corrected chi connectivity index (χ0v) is 10.8. The number of benzene rings is 1. The molecule has 1 aliphatic rings. The predicted molar refractivity (Wildman–Crippen MR) is 71.9 cm³/mol. The summed E-state index contributed by atoms with van der Waals surface area (Å²) in [6.07, 6.45) is 0.